The molecule has 0 aliphatic heterocycles. The molecule has 228 valence electrons. The van der Waals surface area contributed by atoms with Gasteiger partial charge in [0.05, 0.1) is 0 Å². The molecule has 0 aliphatic carbocycles. The van der Waals surface area contributed by atoms with Gasteiger partial charge in [0.1, 0.15) is 0 Å². The minimum atomic E-state index is -1.87. The summed E-state index contributed by atoms with van der Waals surface area (Å²) in [6, 6.07) is 2.00. The molecular weight excluding hydrogens is 559 g/mol. The van der Waals surface area contributed by atoms with Crippen molar-refractivity contribution in [3.05, 3.63) is 31.5 Å². The Labute approximate surface area is 237 Å². The lowest BCUT2D eigenvalue weighted by atomic mass is 10.4. The molecule has 0 aliphatic rings. The summed E-state index contributed by atoms with van der Waals surface area (Å²) in [5.41, 5.74) is -1.72. The maximum atomic E-state index is 13.3. The Morgan fingerprint density at radius 1 is 0.436 bits per heavy atom. The third-order valence-electron chi connectivity index (χ3n) is 5.97. The van der Waals surface area contributed by atoms with Crippen molar-refractivity contribution in [3.63, 3.8) is 0 Å². The molecule has 1 aromatic rings. The van der Waals surface area contributed by atoms with E-state index in [0.717, 1.165) is 0 Å². The van der Waals surface area contributed by atoms with Crippen LogP contribution in [0.15, 0.2) is 14.4 Å². The molecule has 0 saturated carbocycles. The molecule has 0 unspecified atom stereocenters. The number of rotatable bonds is 24. The summed E-state index contributed by atoms with van der Waals surface area (Å²) in [5.74, 6) is 0. The summed E-state index contributed by atoms with van der Waals surface area (Å²) in [6.07, 6.45) is 1.66. The first-order valence-corrected chi connectivity index (χ1v) is 19.8. The molecule has 1 aromatic heterocycles. The van der Waals surface area contributed by atoms with E-state index < -0.39 is 44.9 Å². The van der Waals surface area contributed by atoms with E-state index in [0.29, 0.717) is 77.0 Å². The molecule has 12 nitrogen and oxygen atoms in total. The Bertz CT molecular complexity index is 790. The lowest BCUT2D eigenvalue weighted by Crippen LogP contribution is -2.54. The van der Waals surface area contributed by atoms with E-state index in [4.69, 9.17) is 26.6 Å². The van der Waals surface area contributed by atoms with Gasteiger partial charge in [-0.2, -0.15) is 0 Å². The van der Waals surface area contributed by atoms with Gasteiger partial charge in [-0.25, -0.2) is 28.1 Å². The molecule has 1 heterocycles. The van der Waals surface area contributed by atoms with Crippen molar-refractivity contribution in [1.29, 1.82) is 0 Å². The highest BCUT2D eigenvalue weighted by Crippen LogP contribution is 2.05. The highest BCUT2D eigenvalue weighted by Gasteiger charge is 2.20. The zero-order chi connectivity index (χ0) is 29.0. The van der Waals surface area contributed by atoms with E-state index in [9.17, 15) is 14.4 Å². The topological polar surface area (TPSA) is 121 Å². The van der Waals surface area contributed by atoms with Crippen molar-refractivity contribution in [2.45, 2.75) is 98.6 Å². The highest BCUT2D eigenvalue weighted by molar-refractivity contribution is 6.44. The van der Waals surface area contributed by atoms with E-state index in [1.54, 1.807) is 0 Å². The van der Waals surface area contributed by atoms with Crippen molar-refractivity contribution in [2.24, 2.45) is 0 Å². The molecule has 0 fully saturated rings. The SMILES string of the molecule is CCO[SiH](CCCn1c(=O)n(CCC[SiH](OCC)OCC)c(=O)n(CCC[SiH](OCC)OCC)c1=O)OCC. The van der Waals surface area contributed by atoms with E-state index in [1.807, 2.05) is 41.5 Å². The minimum absolute atomic E-state index is 0.201. The van der Waals surface area contributed by atoms with Gasteiger partial charge >= 0.3 is 44.9 Å². The van der Waals surface area contributed by atoms with Crippen molar-refractivity contribution < 1.29 is 26.6 Å². The van der Waals surface area contributed by atoms with Crippen LogP contribution in [0.25, 0.3) is 0 Å². The van der Waals surface area contributed by atoms with Crippen molar-refractivity contribution in [2.75, 3.05) is 39.6 Å². The van der Waals surface area contributed by atoms with Crippen LogP contribution in [0.4, 0.5) is 0 Å². The van der Waals surface area contributed by atoms with Gasteiger partial charge in [-0.05, 0) is 78.9 Å². The third kappa shape index (κ3) is 12.9. The Kier molecular flexibility index (Phi) is 19.8. The zero-order valence-electron chi connectivity index (χ0n) is 24.9. The van der Waals surface area contributed by atoms with Gasteiger partial charge in [0.15, 0.2) is 0 Å². The normalized spacial score (nSPS) is 11.9. The number of hydrogen-bond donors (Lipinski definition) is 0. The maximum Gasteiger partial charge on any atom is 0.336 e. The predicted octanol–water partition coefficient (Wildman–Crippen LogP) is 1.22. The lowest BCUT2D eigenvalue weighted by molar-refractivity contribution is 0.212. The van der Waals surface area contributed by atoms with Crippen LogP contribution >= 0.6 is 0 Å². The molecule has 39 heavy (non-hydrogen) atoms. The fourth-order valence-electron chi connectivity index (χ4n) is 4.26. The second-order valence-electron chi connectivity index (χ2n) is 8.75. The van der Waals surface area contributed by atoms with Crippen LogP contribution in [0.2, 0.25) is 18.1 Å². The van der Waals surface area contributed by atoms with E-state index in [1.165, 1.54) is 13.7 Å². The first-order valence-electron chi connectivity index (χ1n) is 14.5. The second kappa shape index (κ2) is 21.6. The number of nitrogens with zero attached hydrogens (tertiary/aromatic N) is 3. The lowest BCUT2D eigenvalue weighted by Gasteiger charge is -2.18. The van der Waals surface area contributed by atoms with Gasteiger partial charge in [-0.15, -0.1) is 0 Å². The molecule has 0 N–H and O–H groups in total. The van der Waals surface area contributed by atoms with Crippen LogP contribution in [-0.2, 0) is 46.2 Å². The van der Waals surface area contributed by atoms with Gasteiger partial charge in [0.2, 0.25) is 0 Å². The second-order valence-corrected chi connectivity index (χ2v) is 15.1. The molecule has 0 saturated heterocycles. The van der Waals surface area contributed by atoms with Gasteiger partial charge in [-0.3, -0.25) is 0 Å². The largest absolute Gasteiger partial charge is 0.397 e. The first-order chi connectivity index (χ1) is 18.9. The zero-order valence-corrected chi connectivity index (χ0v) is 28.3. The van der Waals surface area contributed by atoms with Gasteiger partial charge < -0.3 is 26.6 Å². The molecule has 0 amide bonds. The molecule has 0 spiro atoms. The summed E-state index contributed by atoms with van der Waals surface area (Å²) in [4.78, 5) is 40.0. The fourth-order valence-corrected chi connectivity index (χ4v) is 9.33. The highest BCUT2D eigenvalue weighted by atomic mass is 28.3. The molecule has 15 heteroatoms. The number of aromatic nitrogens is 3. The Balaban J connectivity index is 3.18. The van der Waals surface area contributed by atoms with Crippen LogP contribution in [0.3, 0.4) is 0 Å². The molecule has 0 atom stereocenters. The molecule has 0 bridgehead atoms. The van der Waals surface area contributed by atoms with Gasteiger partial charge in [-0.1, -0.05) is 0 Å². The average Bonchev–Trinajstić information content (AvgIpc) is 2.90. The standard InChI is InChI=1S/C24H51N3O9Si3/c1-7-31-37(32-8-2)19-13-16-25-22(28)26(17-14-20-38(33-9-3)34-10-4)24(30)27(23(25)29)18-15-21-39(35-11-5)36-12-6/h37-39H,7-21H2,1-6H3. The molecule has 1 rings (SSSR count). The third-order valence-corrected chi connectivity index (χ3v) is 12.8. The summed E-state index contributed by atoms with van der Waals surface area (Å²) >= 11 is 0. The van der Waals surface area contributed by atoms with Crippen molar-refractivity contribution >= 4 is 27.9 Å². The predicted molar refractivity (Wildman–Crippen MR) is 159 cm³/mol. The summed E-state index contributed by atoms with van der Waals surface area (Å²) < 4.78 is 37.9. The monoisotopic (exact) mass is 609 g/mol. The van der Waals surface area contributed by atoms with Crippen LogP contribution in [0.5, 0.6) is 0 Å². The minimum Gasteiger partial charge on any atom is -0.397 e. The number of hydrogen-bond acceptors (Lipinski definition) is 9. The Morgan fingerprint density at radius 3 is 0.821 bits per heavy atom. The van der Waals surface area contributed by atoms with E-state index in [2.05, 4.69) is 0 Å². The molecular formula is C24H51N3O9Si3. The Morgan fingerprint density at radius 2 is 0.641 bits per heavy atom. The van der Waals surface area contributed by atoms with Crippen LogP contribution in [-0.4, -0.2) is 81.2 Å². The molecule has 0 radical (unpaired) electrons. The Hall–Kier alpha value is -1.18. The van der Waals surface area contributed by atoms with Gasteiger partial charge in [0, 0.05) is 59.3 Å². The van der Waals surface area contributed by atoms with Crippen LogP contribution in [0.1, 0.15) is 60.8 Å². The molecule has 0 aromatic carbocycles. The quantitative estimate of drug-likeness (QED) is 0.159. The smallest absolute Gasteiger partial charge is 0.336 e. The van der Waals surface area contributed by atoms with E-state index in [-0.39, 0.29) is 19.6 Å². The average molecular weight is 610 g/mol. The first kappa shape index (κ1) is 35.8. The summed E-state index contributed by atoms with van der Waals surface area (Å²) in [5, 5.41) is 0. The van der Waals surface area contributed by atoms with Crippen molar-refractivity contribution in [1.82, 2.24) is 13.7 Å². The van der Waals surface area contributed by atoms with Crippen LogP contribution in [0, 0.1) is 0 Å². The fraction of sp³-hybridized carbons (Fsp3) is 0.875. The van der Waals surface area contributed by atoms with Crippen molar-refractivity contribution in [3.8, 4) is 0 Å². The van der Waals surface area contributed by atoms with E-state index >= 15 is 0 Å². The summed E-state index contributed by atoms with van der Waals surface area (Å²) in [7, 11) is -5.60. The maximum absolute atomic E-state index is 13.3. The summed E-state index contributed by atoms with van der Waals surface area (Å²) in [6.45, 7) is 15.5. The van der Waals surface area contributed by atoms with Gasteiger partial charge in [0.25, 0.3) is 0 Å². The van der Waals surface area contributed by atoms with Crippen LogP contribution < -0.4 is 17.1 Å².